The number of hydrogen-bond donors (Lipinski definition) is 1. The third-order valence-corrected chi connectivity index (χ3v) is 7.53. The quantitative estimate of drug-likeness (QED) is 0.753. The molecule has 0 amide bonds. The Hall–Kier alpha value is -2.24. The summed E-state index contributed by atoms with van der Waals surface area (Å²) in [7, 11) is 1.81. The maximum Gasteiger partial charge on any atom is 0.184 e. The summed E-state index contributed by atoms with van der Waals surface area (Å²) in [6, 6.07) is 8.63. The molecule has 2 N–H and O–H groups in total. The highest BCUT2D eigenvalue weighted by Crippen LogP contribution is 2.62. The lowest BCUT2D eigenvalue weighted by atomic mass is 9.65. The predicted octanol–water partition coefficient (Wildman–Crippen LogP) is 4.83. The van der Waals surface area contributed by atoms with E-state index in [1.165, 1.54) is 11.1 Å². The van der Waals surface area contributed by atoms with Crippen LogP contribution in [-0.2, 0) is 16.8 Å². The third kappa shape index (κ3) is 2.75. The molecule has 0 saturated heterocycles. The molecule has 2 spiro atoms. The predicted molar refractivity (Wildman–Crippen MR) is 121 cm³/mol. The van der Waals surface area contributed by atoms with Gasteiger partial charge in [-0.05, 0) is 69.2 Å². The number of halogens is 1. The van der Waals surface area contributed by atoms with E-state index < -0.39 is 5.66 Å². The van der Waals surface area contributed by atoms with Crippen LogP contribution in [-0.4, -0.2) is 29.7 Å². The molecule has 0 radical (unpaired) electrons. The number of nitrogens with two attached hydrogens (primary N) is 1. The van der Waals surface area contributed by atoms with Crippen molar-refractivity contribution < 1.29 is 4.74 Å². The Balaban J connectivity index is 1.66. The summed E-state index contributed by atoms with van der Waals surface area (Å²) < 4.78 is 5.65. The second-order valence-electron chi connectivity index (χ2n) is 8.92. The Morgan fingerprint density at radius 3 is 2.57 bits per heavy atom. The molecular formula is C24H27ClN4O. The van der Waals surface area contributed by atoms with Crippen molar-refractivity contribution in [2.75, 3.05) is 7.11 Å². The lowest BCUT2D eigenvalue weighted by Crippen LogP contribution is -2.43. The molecule has 1 saturated carbocycles. The number of pyridine rings is 1. The molecule has 1 aromatic heterocycles. The standard InChI is InChI=1S/C24H27ClN4O/c1-14-20(11-18(25)13-27-14)16-4-5-17-12-23(8-6-19(30-3)7-9-23)24(21(17)10-16)28-15(2)22(26)29-24/h4-5,10-11,13,19H,6-9,12H2,1-3H3,(H2,26,29). The molecule has 1 fully saturated rings. The molecule has 1 aliphatic heterocycles. The second-order valence-corrected chi connectivity index (χ2v) is 9.35. The van der Waals surface area contributed by atoms with Gasteiger partial charge in [0.15, 0.2) is 5.66 Å². The molecule has 1 atom stereocenters. The number of aryl methyl sites for hydroxylation is 1. The fourth-order valence-electron chi connectivity index (χ4n) is 5.64. The van der Waals surface area contributed by atoms with Crippen molar-refractivity contribution in [1.82, 2.24) is 4.98 Å². The Morgan fingerprint density at radius 2 is 1.90 bits per heavy atom. The van der Waals surface area contributed by atoms with Crippen LogP contribution in [0.2, 0.25) is 5.02 Å². The fourth-order valence-corrected chi connectivity index (χ4v) is 5.80. The topological polar surface area (TPSA) is 72.9 Å². The van der Waals surface area contributed by atoms with Gasteiger partial charge in [0.2, 0.25) is 0 Å². The maximum atomic E-state index is 6.29. The van der Waals surface area contributed by atoms with E-state index in [4.69, 9.17) is 32.1 Å². The number of amidine groups is 1. The van der Waals surface area contributed by atoms with Gasteiger partial charge in [-0.2, -0.15) is 0 Å². The van der Waals surface area contributed by atoms with E-state index in [9.17, 15) is 0 Å². The number of fused-ring (bicyclic) bond motifs is 3. The molecular weight excluding hydrogens is 396 g/mol. The minimum absolute atomic E-state index is 0.0486. The molecule has 1 aromatic carbocycles. The Morgan fingerprint density at radius 1 is 1.13 bits per heavy atom. The van der Waals surface area contributed by atoms with Crippen LogP contribution in [0, 0.1) is 12.3 Å². The van der Waals surface area contributed by atoms with E-state index in [0.29, 0.717) is 17.0 Å². The molecule has 5 rings (SSSR count). The van der Waals surface area contributed by atoms with Gasteiger partial charge in [-0.25, -0.2) is 4.99 Å². The first-order valence-corrected chi connectivity index (χ1v) is 11.0. The molecule has 156 valence electrons. The highest BCUT2D eigenvalue weighted by Gasteiger charge is 2.60. The molecule has 6 heteroatoms. The minimum Gasteiger partial charge on any atom is -0.382 e. The summed E-state index contributed by atoms with van der Waals surface area (Å²) in [6.07, 6.45) is 7.09. The van der Waals surface area contributed by atoms with Crippen LogP contribution in [0.15, 0.2) is 40.4 Å². The maximum absolute atomic E-state index is 6.29. The highest BCUT2D eigenvalue weighted by atomic mass is 35.5. The van der Waals surface area contributed by atoms with Gasteiger partial charge in [-0.3, -0.25) is 9.98 Å². The molecule has 30 heavy (non-hydrogen) atoms. The van der Waals surface area contributed by atoms with Crippen LogP contribution in [0.3, 0.4) is 0 Å². The monoisotopic (exact) mass is 422 g/mol. The number of ether oxygens (including phenoxy) is 1. The van der Waals surface area contributed by atoms with E-state index in [1.807, 2.05) is 27.0 Å². The van der Waals surface area contributed by atoms with Gasteiger partial charge in [-0.1, -0.05) is 23.7 Å². The summed E-state index contributed by atoms with van der Waals surface area (Å²) in [6.45, 7) is 3.98. The van der Waals surface area contributed by atoms with Crippen LogP contribution < -0.4 is 5.73 Å². The number of aliphatic imine (C=N–C) groups is 2. The minimum atomic E-state index is -0.634. The van der Waals surface area contributed by atoms with Crippen molar-refractivity contribution in [3.63, 3.8) is 0 Å². The SMILES string of the molecule is COC1CCC2(CC1)Cc1ccc(-c3cc(Cl)cnc3C)cc1C21N=C(C)C(N)=N1. The fraction of sp³-hybridized carbons (Fsp3) is 0.458. The molecule has 2 heterocycles. The van der Waals surface area contributed by atoms with Crippen molar-refractivity contribution in [2.45, 2.75) is 57.7 Å². The van der Waals surface area contributed by atoms with Crippen molar-refractivity contribution >= 4 is 23.1 Å². The average molecular weight is 423 g/mol. The number of methoxy groups -OCH3 is 1. The first-order valence-electron chi connectivity index (χ1n) is 10.6. The summed E-state index contributed by atoms with van der Waals surface area (Å²) in [4.78, 5) is 14.6. The van der Waals surface area contributed by atoms with Crippen LogP contribution in [0.4, 0.5) is 0 Å². The van der Waals surface area contributed by atoms with E-state index in [2.05, 4.69) is 23.2 Å². The summed E-state index contributed by atoms with van der Waals surface area (Å²) in [5.74, 6) is 0.557. The van der Waals surface area contributed by atoms with Crippen molar-refractivity contribution in [3.8, 4) is 11.1 Å². The second kappa shape index (κ2) is 6.89. The van der Waals surface area contributed by atoms with E-state index in [1.54, 1.807) is 6.20 Å². The summed E-state index contributed by atoms with van der Waals surface area (Å²) >= 11 is 6.25. The molecule has 1 unspecified atom stereocenters. The zero-order chi connectivity index (χ0) is 21.1. The first-order chi connectivity index (χ1) is 14.4. The van der Waals surface area contributed by atoms with Gasteiger partial charge in [0.1, 0.15) is 5.84 Å². The number of rotatable bonds is 2. The van der Waals surface area contributed by atoms with Gasteiger partial charge < -0.3 is 10.5 Å². The van der Waals surface area contributed by atoms with Crippen LogP contribution in [0.5, 0.6) is 0 Å². The number of benzene rings is 1. The zero-order valence-electron chi connectivity index (χ0n) is 17.7. The van der Waals surface area contributed by atoms with Crippen molar-refractivity contribution in [1.29, 1.82) is 0 Å². The third-order valence-electron chi connectivity index (χ3n) is 7.32. The van der Waals surface area contributed by atoms with Crippen molar-refractivity contribution in [2.24, 2.45) is 21.1 Å². The average Bonchev–Trinajstić information content (AvgIpc) is 3.18. The number of aromatic nitrogens is 1. The van der Waals surface area contributed by atoms with Gasteiger partial charge >= 0.3 is 0 Å². The number of nitrogens with zero attached hydrogens (tertiary/aromatic N) is 3. The molecule has 2 aliphatic carbocycles. The Labute approximate surface area is 182 Å². The lowest BCUT2D eigenvalue weighted by molar-refractivity contribution is -0.000372. The smallest absolute Gasteiger partial charge is 0.184 e. The molecule has 5 nitrogen and oxygen atoms in total. The van der Waals surface area contributed by atoms with Gasteiger partial charge in [0.05, 0.1) is 16.8 Å². The summed E-state index contributed by atoms with van der Waals surface area (Å²) in [5.41, 5.74) is 12.0. The van der Waals surface area contributed by atoms with Gasteiger partial charge in [-0.15, -0.1) is 0 Å². The molecule has 3 aliphatic rings. The number of hydrogen-bond acceptors (Lipinski definition) is 5. The van der Waals surface area contributed by atoms with Crippen LogP contribution in [0.25, 0.3) is 11.1 Å². The molecule has 0 bridgehead atoms. The highest BCUT2D eigenvalue weighted by molar-refractivity contribution is 6.41. The lowest BCUT2D eigenvalue weighted by Gasteiger charge is -2.44. The van der Waals surface area contributed by atoms with E-state index in [-0.39, 0.29) is 5.41 Å². The summed E-state index contributed by atoms with van der Waals surface area (Å²) in [5, 5.41) is 0.636. The van der Waals surface area contributed by atoms with E-state index in [0.717, 1.165) is 54.6 Å². The van der Waals surface area contributed by atoms with Crippen molar-refractivity contribution in [3.05, 3.63) is 52.3 Å². The normalized spacial score (nSPS) is 29.9. The Kier molecular flexibility index (Phi) is 4.53. The van der Waals surface area contributed by atoms with Gasteiger partial charge in [0, 0.05) is 35.5 Å². The van der Waals surface area contributed by atoms with Gasteiger partial charge in [0.25, 0.3) is 0 Å². The van der Waals surface area contributed by atoms with E-state index >= 15 is 0 Å². The first kappa shape index (κ1) is 19.7. The van der Waals surface area contributed by atoms with Crippen LogP contribution in [0.1, 0.15) is 49.4 Å². The van der Waals surface area contributed by atoms with Crippen LogP contribution >= 0.6 is 11.6 Å². The zero-order valence-corrected chi connectivity index (χ0v) is 18.5. The Bertz CT molecular complexity index is 1060. The molecule has 2 aromatic rings. The largest absolute Gasteiger partial charge is 0.382 e.